The molecule has 0 aliphatic rings. The number of rotatable bonds is 7. The summed E-state index contributed by atoms with van der Waals surface area (Å²) in [5.74, 6) is -0.500. The van der Waals surface area contributed by atoms with E-state index in [1.54, 1.807) is 19.1 Å². The van der Waals surface area contributed by atoms with Crippen LogP contribution in [0.1, 0.15) is 24.1 Å². The van der Waals surface area contributed by atoms with E-state index in [1.165, 1.54) is 0 Å². The largest absolute Gasteiger partial charge is 0.463 e. The standard InChI is InChI=1S/C19H21NO3S/c1-4-23-19(21)15(3)18(16-8-6-5-7-9-16)20-24(22)17-12-10-14(2)11-13-17/h5-13,18,20H,3-4H2,1-2H3/t18-,24-/m0/s1. The van der Waals surface area contributed by atoms with Crippen LogP contribution in [0.2, 0.25) is 0 Å². The van der Waals surface area contributed by atoms with E-state index in [1.807, 2.05) is 49.4 Å². The second-order valence-electron chi connectivity index (χ2n) is 5.29. The van der Waals surface area contributed by atoms with Crippen LogP contribution in [-0.4, -0.2) is 16.8 Å². The summed E-state index contributed by atoms with van der Waals surface area (Å²) in [5, 5.41) is 0. The van der Waals surface area contributed by atoms with E-state index in [0.29, 0.717) is 4.90 Å². The van der Waals surface area contributed by atoms with Gasteiger partial charge in [-0.15, -0.1) is 0 Å². The zero-order valence-corrected chi connectivity index (χ0v) is 14.6. The summed E-state index contributed by atoms with van der Waals surface area (Å²) < 4.78 is 20.6. The summed E-state index contributed by atoms with van der Waals surface area (Å²) in [7, 11) is -1.48. The Morgan fingerprint density at radius 2 is 1.79 bits per heavy atom. The maximum atomic E-state index is 12.6. The predicted octanol–water partition coefficient (Wildman–Crippen LogP) is 3.47. The minimum atomic E-state index is -1.48. The average molecular weight is 343 g/mol. The van der Waals surface area contributed by atoms with Crippen molar-refractivity contribution in [2.75, 3.05) is 6.61 Å². The first-order valence-electron chi connectivity index (χ1n) is 7.68. The fraction of sp³-hybridized carbons (Fsp3) is 0.211. The van der Waals surface area contributed by atoms with Crippen molar-refractivity contribution in [3.63, 3.8) is 0 Å². The highest BCUT2D eigenvalue weighted by molar-refractivity contribution is 7.83. The van der Waals surface area contributed by atoms with Crippen LogP contribution in [0, 0.1) is 6.92 Å². The van der Waals surface area contributed by atoms with Gasteiger partial charge in [-0.05, 0) is 31.5 Å². The number of benzene rings is 2. The molecule has 0 fully saturated rings. The van der Waals surface area contributed by atoms with Gasteiger partial charge in [0.15, 0.2) is 0 Å². The van der Waals surface area contributed by atoms with E-state index >= 15 is 0 Å². The first-order chi connectivity index (χ1) is 11.5. The zero-order chi connectivity index (χ0) is 17.5. The third kappa shape index (κ3) is 4.63. The maximum Gasteiger partial charge on any atom is 0.335 e. The number of nitrogens with one attached hydrogen (secondary N) is 1. The molecule has 0 amide bonds. The molecule has 0 radical (unpaired) electrons. The number of carbonyl (C=O) groups is 1. The SMILES string of the molecule is C=C(C(=O)OCC)[C@H](N[S@@](=O)c1ccc(C)cc1)c1ccccc1. The first kappa shape index (κ1) is 18.1. The van der Waals surface area contributed by atoms with E-state index in [0.717, 1.165) is 11.1 Å². The minimum Gasteiger partial charge on any atom is -0.463 e. The molecule has 0 aliphatic carbocycles. The summed E-state index contributed by atoms with van der Waals surface area (Å²) in [6.07, 6.45) is 0. The number of hydrogen-bond donors (Lipinski definition) is 1. The molecule has 4 nitrogen and oxygen atoms in total. The molecule has 0 aliphatic heterocycles. The molecule has 0 heterocycles. The van der Waals surface area contributed by atoms with Gasteiger partial charge in [-0.25, -0.2) is 13.7 Å². The summed E-state index contributed by atoms with van der Waals surface area (Å²) in [6.45, 7) is 7.81. The van der Waals surface area contributed by atoms with Crippen LogP contribution >= 0.6 is 0 Å². The van der Waals surface area contributed by atoms with Crippen LogP contribution in [0.5, 0.6) is 0 Å². The van der Waals surface area contributed by atoms with Crippen LogP contribution in [0.3, 0.4) is 0 Å². The van der Waals surface area contributed by atoms with Crippen LogP contribution in [0.25, 0.3) is 0 Å². The Bertz CT molecular complexity index is 726. The molecular weight excluding hydrogens is 322 g/mol. The number of esters is 1. The molecule has 1 N–H and O–H groups in total. The molecule has 0 saturated carbocycles. The van der Waals surface area contributed by atoms with Crippen molar-refractivity contribution in [3.05, 3.63) is 77.9 Å². The summed E-state index contributed by atoms with van der Waals surface area (Å²) in [5.41, 5.74) is 2.12. The predicted molar refractivity (Wildman–Crippen MR) is 95.7 cm³/mol. The van der Waals surface area contributed by atoms with Gasteiger partial charge in [-0.3, -0.25) is 0 Å². The van der Waals surface area contributed by atoms with Gasteiger partial charge < -0.3 is 4.74 Å². The number of hydrogen-bond acceptors (Lipinski definition) is 3. The van der Waals surface area contributed by atoms with Gasteiger partial charge >= 0.3 is 5.97 Å². The highest BCUT2D eigenvalue weighted by atomic mass is 32.2. The Kier molecular flexibility index (Phi) is 6.46. The third-order valence-corrected chi connectivity index (χ3v) is 4.63. The van der Waals surface area contributed by atoms with Gasteiger partial charge in [0, 0.05) is 0 Å². The highest BCUT2D eigenvalue weighted by Gasteiger charge is 2.24. The molecular formula is C19H21NO3S. The number of ether oxygens (including phenoxy) is 1. The van der Waals surface area contributed by atoms with Gasteiger partial charge in [0.05, 0.1) is 23.1 Å². The normalized spacial score (nSPS) is 13.1. The molecule has 0 unspecified atom stereocenters. The molecule has 2 atom stereocenters. The molecule has 5 heteroatoms. The smallest absolute Gasteiger partial charge is 0.335 e. The molecule has 126 valence electrons. The molecule has 2 aromatic carbocycles. The van der Waals surface area contributed by atoms with E-state index in [2.05, 4.69) is 11.3 Å². The fourth-order valence-corrected chi connectivity index (χ4v) is 3.18. The van der Waals surface area contributed by atoms with Gasteiger partial charge in [-0.2, -0.15) is 0 Å². The topological polar surface area (TPSA) is 55.4 Å². The minimum absolute atomic E-state index is 0.225. The lowest BCUT2D eigenvalue weighted by molar-refractivity contribution is -0.138. The van der Waals surface area contributed by atoms with Crippen LogP contribution in [0.4, 0.5) is 0 Å². The average Bonchev–Trinajstić information content (AvgIpc) is 2.60. The lowest BCUT2D eigenvalue weighted by Crippen LogP contribution is -2.28. The Balaban J connectivity index is 2.26. The van der Waals surface area contributed by atoms with Gasteiger partial charge in [0.2, 0.25) is 0 Å². The second-order valence-corrected chi connectivity index (χ2v) is 6.53. The lowest BCUT2D eigenvalue weighted by atomic mass is 10.0. The Hall–Kier alpha value is -2.24. The van der Waals surface area contributed by atoms with Crippen molar-refractivity contribution in [3.8, 4) is 0 Å². The summed E-state index contributed by atoms with van der Waals surface area (Å²) in [4.78, 5) is 12.7. The number of aryl methyl sites for hydroxylation is 1. The Morgan fingerprint density at radius 1 is 1.17 bits per heavy atom. The van der Waals surface area contributed by atoms with Crippen LogP contribution < -0.4 is 4.72 Å². The first-order valence-corrected chi connectivity index (χ1v) is 8.83. The molecule has 0 spiro atoms. The molecule has 0 bridgehead atoms. The van der Waals surface area contributed by atoms with Gasteiger partial charge in [0.25, 0.3) is 0 Å². The molecule has 24 heavy (non-hydrogen) atoms. The highest BCUT2D eigenvalue weighted by Crippen LogP contribution is 2.23. The number of carbonyl (C=O) groups excluding carboxylic acids is 1. The summed E-state index contributed by atoms with van der Waals surface area (Å²) >= 11 is 0. The van der Waals surface area contributed by atoms with E-state index in [4.69, 9.17) is 4.74 Å². The van der Waals surface area contributed by atoms with Crippen molar-refractivity contribution in [2.45, 2.75) is 24.8 Å². The van der Waals surface area contributed by atoms with Gasteiger partial charge in [-0.1, -0.05) is 54.6 Å². The van der Waals surface area contributed by atoms with Crippen LogP contribution in [-0.2, 0) is 20.5 Å². The molecule has 0 saturated heterocycles. The van der Waals surface area contributed by atoms with Crippen molar-refractivity contribution in [1.29, 1.82) is 0 Å². The Morgan fingerprint density at radius 3 is 2.38 bits per heavy atom. The van der Waals surface area contributed by atoms with Crippen molar-refractivity contribution < 1.29 is 13.7 Å². The van der Waals surface area contributed by atoms with Crippen molar-refractivity contribution in [1.82, 2.24) is 4.72 Å². The quantitative estimate of drug-likeness (QED) is 0.619. The summed E-state index contributed by atoms with van der Waals surface area (Å²) in [6, 6.07) is 16.1. The Labute approximate surface area is 145 Å². The van der Waals surface area contributed by atoms with Gasteiger partial charge in [0.1, 0.15) is 11.0 Å². The van der Waals surface area contributed by atoms with E-state index in [9.17, 15) is 9.00 Å². The van der Waals surface area contributed by atoms with Crippen molar-refractivity contribution in [2.24, 2.45) is 0 Å². The molecule has 2 aromatic rings. The van der Waals surface area contributed by atoms with Crippen molar-refractivity contribution >= 4 is 17.0 Å². The third-order valence-electron chi connectivity index (χ3n) is 3.48. The fourth-order valence-electron chi connectivity index (χ4n) is 2.16. The maximum absolute atomic E-state index is 12.6. The molecule has 0 aromatic heterocycles. The lowest BCUT2D eigenvalue weighted by Gasteiger charge is -2.20. The molecule has 2 rings (SSSR count). The van der Waals surface area contributed by atoms with E-state index < -0.39 is 23.0 Å². The van der Waals surface area contributed by atoms with Crippen LogP contribution in [0.15, 0.2) is 71.6 Å². The second kappa shape index (κ2) is 8.57. The monoisotopic (exact) mass is 343 g/mol. The van der Waals surface area contributed by atoms with E-state index in [-0.39, 0.29) is 12.2 Å². The zero-order valence-electron chi connectivity index (χ0n) is 13.8.